The lowest BCUT2D eigenvalue weighted by Gasteiger charge is -2.13. The number of aryl methyl sites for hydroxylation is 1. The van der Waals surface area contributed by atoms with Crippen molar-refractivity contribution in [2.45, 2.75) is 6.92 Å². The molecule has 0 saturated heterocycles. The van der Waals surface area contributed by atoms with Crippen molar-refractivity contribution < 1.29 is 9.53 Å². The lowest BCUT2D eigenvalue weighted by atomic mass is 10.1. The normalized spacial score (nSPS) is 10.5. The number of rotatable bonds is 3. The van der Waals surface area contributed by atoms with Crippen LogP contribution in [0, 0.1) is 6.92 Å². The number of carbonyl (C=O) groups is 1. The van der Waals surface area contributed by atoms with E-state index in [2.05, 4.69) is 4.57 Å². The van der Waals surface area contributed by atoms with Crippen molar-refractivity contribution in [3.63, 3.8) is 0 Å². The molecule has 110 valence electrons. The van der Waals surface area contributed by atoms with Crippen LogP contribution >= 0.6 is 0 Å². The molecule has 0 N–H and O–H groups in total. The minimum Gasteiger partial charge on any atom is -0.465 e. The number of ether oxygens (including phenoxy) is 1. The quantitative estimate of drug-likeness (QED) is 0.676. The summed E-state index contributed by atoms with van der Waals surface area (Å²) in [7, 11) is 1.41. The van der Waals surface area contributed by atoms with Gasteiger partial charge in [-0.25, -0.2) is 4.79 Å². The Morgan fingerprint density at radius 3 is 2.14 bits per heavy atom. The zero-order valence-electron chi connectivity index (χ0n) is 12.6. The standard InChI is InChI=1S/C19H17NO2/c1-14-13-17(19(21)22-2)18(15-9-5-3-6-10-15)20(14)16-11-7-4-8-12-16/h3-13H,1-2H3. The highest BCUT2D eigenvalue weighted by Crippen LogP contribution is 2.31. The fraction of sp³-hybridized carbons (Fsp3) is 0.105. The lowest BCUT2D eigenvalue weighted by Crippen LogP contribution is -2.04. The third-order valence-corrected chi connectivity index (χ3v) is 3.65. The van der Waals surface area contributed by atoms with Crippen molar-refractivity contribution in [1.29, 1.82) is 0 Å². The van der Waals surface area contributed by atoms with Gasteiger partial charge in [-0.1, -0.05) is 48.5 Å². The van der Waals surface area contributed by atoms with Gasteiger partial charge in [-0.2, -0.15) is 0 Å². The van der Waals surface area contributed by atoms with Gasteiger partial charge >= 0.3 is 5.97 Å². The average molecular weight is 291 g/mol. The van der Waals surface area contributed by atoms with Crippen LogP contribution in [0.5, 0.6) is 0 Å². The number of nitrogens with zero attached hydrogens (tertiary/aromatic N) is 1. The van der Waals surface area contributed by atoms with Gasteiger partial charge in [0.05, 0.1) is 18.4 Å². The van der Waals surface area contributed by atoms with E-state index < -0.39 is 0 Å². The number of benzene rings is 2. The van der Waals surface area contributed by atoms with Crippen molar-refractivity contribution in [1.82, 2.24) is 4.57 Å². The molecular weight excluding hydrogens is 274 g/mol. The molecule has 0 aliphatic carbocycles. The fourth-order valence-corrected chi connectivity index (χ4v) is 2.69. The molecule has 0 saturated carbocycles. The summed E-state index contributed by atoms with van der Waals surface area (Å²) in [5.41, 5.74) is 4.44. The molecule has 3 heteroatoms. The predicted octanol–water partition coefficient (Wildman–Crippen LogP) is 4.24. The lowest BCUT2D eigenvalue weighted by molar-refractivity contribution is 0.0601. The SMILES string of the molecule is COC(=O)c1cc(C)n(-c2ccccc2)c1-c1ccccc1. The highest BCUT2D eigenvalue weighted by molar-refractivity contribution is 5.97. The Morgan fingerprint density at radius 2 is 1.55 bits per heavy atom. The smallest absolute Gasteiger partial charge is 0.340 e. The van der Waals surface area contributed by atoms with Crippen LogP contribution in [0.1, 0.15) is 16.1 Å². The topological polar surface area (TPSA) is 31.2 Å². The largest absolute Gasteiger partial charge is 0.465 e. The number of carbonyl (C=O) groups excluding carboxylic acids is 1. The molecule has 3 rings (SSSR count). The molecule has 0 spiro atoms. The van der Waals surface area contributed by atoms with Gasteiger partial charge in [0.25, 0.3) is 0 Å². The van der Waals surface area contributed by atoms with Crippen molar-refractivity contribution in [2.75, 3.05) is 7.11 Å². The van der Waals surface area contributed by atoms with Gasteiger partial charge in [0.2, 0.25) is 0 Å². The van der Waals surface area contributed by atoms with E-state index in [0.29, 0.717) is 5.56 Å². The zero-order valence-corrected chi connectivity index (χ0v) is 12.6. The Bertz CT molecular complexity index is 789. The summed E-state index contributed by atoms with van der Waals surface area (Å²) in [4.78, 5) is 12.2. The molecule has 1 aromatic heterocycles. The van der Waals surface area contributed by atoms with E-state index in [1.807, 2.05) is 73.7 Å². The van der Waals surface area contributed by atoms with Crippen molar-refractivity contribution in [2.24, 2.45) is 0 Å². The van der Waals surface area contributed by atoms with E-state index in [0.717, 1.165) is 22.6 Å². The van der Waals surface area contributed by atoms with Crippen LogP contribution < -0.4 is 0 Å². The molecule has 2 aromatic carbocycles. The number of methoxy groups -OCH3 is 1. The van der Waals surface area contributed by atoms with Gasteiger partial charge in [-0.15, -0.1) is 0 Å². The molecule has 0 atom stereocenters. The van der Waals surface area contributed by atoms with Crippen molar-refractivity contribution in [3.05, 3.63) is 78.0 Å². The Morgan fingerprint density at radius 1 is 0.955 bits per heavy atom. The Hall–Kier alpha value is -2.81. The summed E-state index contributed by atoms with van der Waals surface area (Å²) in [6, 6.07) is 21.8. The molecular formula is C19H17NO2. The highest BCUT2D eigenvalue weighted by atomic mass is 16.5. The number of hydrogen-bond acceptors (Lipinski definition) is 2. The van der Waals surface area contributed by atoms with E-state index in [1.165, 1.54) is 7.11 Å². The monoisotopic (exact) mass is 291 g/mol. The molecule has 22 heavy (non-hydrogen) atoms. The molecule has 1 heterocycles. The zero-order chi connectivity index (χ0) is 15.5. The second kappa shape index (κ2) is 5.90. The molecule has 0 fully saturated rings. The van der Waals surface area contributed by atoms with Gasteiger partial charge in [-0.3, -0.25) is 0 Å². The van der Waals surface area contributed by atoms with Crippen molar-refractivity contribution >= 4 is 5.97 Å². The Kier molecular flexibility index (Phi) is 3.79. The van der Waals surface area contributed by atoms with E-state index >= 15 is 0 Å². The Labute approximate surface area is 129 Å². The minimum absolute atomic E-state index is 0.323. The number of para-hydroxylation sites is 1. The van der Waals surface area contributed by atoms with Crippen LogP contribution in [0.4, 0.5) is 0 Å². The molecule has 0 radical (unpaired) electrons. The second-order valence-corrected chi connectivity index (χ2v) is 5.08. The molecule has 0 aliphatic heterocycles. The first-order valence-corrected chi connectivity index (χ1v) is 7.14. The van der Waals surface area contributed by atoms with Crippen LogP contribution in [0.25, 0.3) is 16.9 Å². The second-order valence-electron chi connectivity index (χ2n) is 5.08. The van der Waals surface area contributed by atoms with Gasteiger partial charge < -0.3 is 9.30 Å². The van der Waals surface area contributed by atoms with E-state index in [9.17, 15) is 4.79 Å². The van der Waals surface area contributed by atoms with E-state index in [1.54, 1.807) is 0 Å². The van der Waals surface area contributed by atoms with Gasteiger partial charge in [0.15, 0.2) is 0 Å². The van der Waals surface area contributed by atoms with Crippen molar-refractivity contribution in [3.8, 4) is 16.9 Å². The maximum Gasteiger partial charge on any atom is 0.340 e. The summed E-state index contributed by atoms with van der Waals surface area (Å²) in [5.74, 6) is -0.323. The van der Waals surface area contributed by atoms with Crippen LogP contribution in [-0.2, 0) is 4.74 Å². The molecule has 3 aromatic rings. The number of hydrogen-bond donors (Lipinski definition) is 0. The molecule has 0 aliphatic rings. The van der Waals surface area contributed by atoms with Crippen LogP contribution in [-0.4, -0.2) is 17.6 Å². The average Bonchev–Trinajstić information content (AvgIpc) is 2.93. The molecule has 0 bridgehead atoms. The van der Waals surface area contributed by atoms with Gasteiger partial charge in [0.1, 0.15) is 0 Å². The first-order chi connectivity index (χ1) is 10.7. The number of aromatic nitrogens is 1. The van der Waals surface area contributed by atoms with Crippen LogP contribution in [0.15, 0.2) is 66.7 Å². The molecule has 3 nitrogen and oxygen atoms in total. The molecule has 0 unspecified atom stereocenters. The first-order valence-electron chi connectivity index (χ1n) is 7.14. The third kappa shape index (κ3) is 2.42. The van der Waals surface area contributed by atoms with Gasteiger partial charge in [-0.05, 0) is 30.7 Å². The summed E-state index contributed by atoms with van der Waals surface area (Å²) in [5, 5.41) is 0. The third-order valence-electron chi connectivity index (χ3n) is 3.65. The summed E-state index contributed by atoms with van der Waals surface area (Å²) in [6.07, 6.45) is 0. The van der Waals surface area contributed by atoms with E-state index in [4.69, 9.17) is 4.74 Å². The van der Waals surface area contributed by atoms with E-state index in [-0.39, 0.29) is 5.97 Å². The first kappa shape index (κ1) is 14.1. The summed E-state index contributed by atoms with van der Waals surface area (Å²) < 4.78 is 7.04. The highest BCUT2D eigenvalue weighted by Gasteiger charge is 2.21. The summed E-state index contributed by atoms with van der Waals surface area (Å²) >= 11 is 0. The Balaban J connectivity index is 2.30. The minimum atomic E-state index is -0.323. The predicted molar refractivity (Wildman–Crippen MR) is 87.3 cm³/mol. The number of esters is 1. The maximum absolute atomic E-state index is 12.2. The van der Waals surface area contributed by atoms with Gasteiger partial charge in [0, 0.05) is 11.4 Å². The molecule has 0 amide bonds. The maximum atomic E-state index is 12.2. The van der Waals surface area contributed by atoms with Crippen LogP contribution in [0.3, 0.4) is 0 Å². The fourth-order valence-electron chi connectivity index (χ4n) is 2.69. The van der Waals surface area contributed by atoms with Crippen LogP contribution in [0.2, 0.25) is 0 Å². The summed E-state index contributed by atoms with van der Waals surface area (Å²) in [6.45, 7) is 1.99.